The molecular weight excluding hydrogens is 397 g/mol. The van der Waals surface area contributed by atoms with Gasteiger partial charge in [-0.25, -0.2) is 12.8 Å². The zero-order valence-electron chi connectivity index (χ0n) is 16.8. The molecule has 1 aromatic carbocycles. The molecule has 0 spiro atoms. The van der Waals surface area contributed by atoms with Crippen LogP contribution in [0.5, 0.6) is 0 Å². The van der Waals surface area contributed by atoms with Gasteiger partial charge in [-0.3, -0.25) is 4.79 Å². The van der Waals surface area contributed by atoms with Gasteiger partial charge in [0.1, 0.15) is 16.4 Å². The monoisotopic (exact) mass is 423 g/mol. The lowest BCUT2D eigenvalue weighted by Crippen LogP contribution is -2.42. The number of nitrogens with one attached hydrogen (secondary N) is 1. The Morgan fingerprint density at radius 2 is 1.97 bits per heavy atom. The molecule has 29 heavy (non-hydrogen) atoms. The Hall–Kier alpha value is -2.26. The number of aryl methyl sites for hydroxylation is 2. The van der Waals surface area contributed by atoms with E-state index in [1.54, 1.807) is 32.0 Å². The van der Waals surface area contributed by atoms with E-state index < -0.39 is 10.0 Å². The number of sulfonamides is 1. The number of nitrogens with zero attached hydrogens (tertiary/aromatic N) is 2. The number of halogens is 1. The van der Waals surface area contributed by atoms with Gasteiger partial charge < -0.3 is 9.84 Å². The van der Waals surface area contributed by atoms with Crippen LogP contribution in [0.15, 0.2) is 33.7 Å². The Morgan fingerprint density at radius 3 is 2.55 bits per heavy atom. The van der Waals surface area contributed by atoms with E-state index in [-0.39, 0.29) is 40.8 Å². The van der Waals surface area contributed by atoms with Crippen LogP contribution in [0.4, 0.5) is 4.39 Å². The summed E-state index contributed by atoms with van der Waals surface area (Å²) in [6.07, 6.45) is 1.16. The van der Waals surface area contributed by atoms with Gasteiger partial charge in [0.05, 0.1) is 0 Å². The SMILES string of the molecule is Cc1noc(C)c1S(=O)(=O)N1CCC(C(C)C(=O)NCc2ccccc2F)CC1. The van der Waals surface area contributed by atoms with Gasteiger partial charge in [-0.1, -0.05) is 30.3 Å². The van der Waals surface area contributed by atoms with E-state index in [2.05, 4.69) is 10.5 Å². The van der Waals surface area contributed by atoms with E-state index in [4.69, 9.17) is 4.52 Å². The second-order valence-electron chi connectivity index (χ2n) is 7.49. The average Bonchev–Trinajstić information content (AvgIpc) is 3.05. The van der Waals surface area contributed by atoms with Crippen LogP contribution in [-0.2, 0) is 21.4 Å². The highest BCUT2D eigenvalue weighted by Gasteiger charge is 2.36. The first-order chi connectivity index (χ1) is 13.7. The molecule has 0 radical (unpaired) electrons. The van der Waals surface area contributed by atoms with E-state index in [0.717, 1.165) is 0 Å². The number of piperidine rings is 1. The fourth-order valence-electron chi connectivity index (χ4n) is 3.79. The number of rotatable bonds is 6. The van der Waals surface area contributed by atoms with E-state index in [9.17, 15) is 17.6 Å². The van der Waals surface area contributed by atoms with Gasteiger partial charge in [-0.05, 0) is 38.7 Å². The third-order valence-electron chi connectivity index (χ3n) is 5.60. The molecule has 3 rings (SSSR count). The van der Waals surface area contributed by atoms with Crippen LogP contribution >= 0.6 is 0 Å². The largest absolute Gasteiger partial charge is 0.360 e. The van der Waals surface area contributed by atoms with Crippen molar-refractivity contribution in [2.75, 3.05) is 13.1 Å². The lowest BCUT2D eigenvalue weighted by atomic mass is 9.85. The van der Waals surface area contributed by atoms with Crippen LogP contribution in [0.2, 0.25) is 0 Å². The molecular formula is C20H26FN3O4S. The molecule has 1 N–H and O–H groups in total. The van der Waals surface area contributed by atoms with E-state index in [1.165, 1.54) is 10.4 Å². The number of carbonyl (C=O) groups is 1. The van der Waals surface area contributed by atoms with Crippen molar-refractivity contribution in [1.82, 2.24) is 14.8 Å². The fraction of sp³-hybridized carbons (Fsp3) is 0.500. The highest BCUT2D eigenvalue weighted by atomic mass is 32.2. The number of hydrogen-bond acceptors (Lipinski definition) is 5. The third-order valence-corrected chi connectivity index (χ3v) is 7.74. The molecule has 1 atom stereocenters. The van der Waals surface area contributed by atoms with Crippen LogP contribution < -0.4 is 5.32 Å². The number of hydrogen-bond donors (Lipinski definition) is 1. The zero-order valence-corrected chi connectivity index (χ0v) is 17.6. The van der Waals surface area contributed by atoms with Crippen molar-refractivity contribution < 1.29 is 22.1 Å². The molecule has 1 aromatic heterocycles. The number of amides is 1. The van der Waals surface area contributed by atoms with E-state index >= 15 is 0 Å². The number of carbonyl (C=O) groups excluding carboxylic acids is 1. The van der Waals surface area contributed by atoms with Gasteiger partial charge in [0, 0.05) is 31.1 Å². The standard InChI is InChI=1S/C20H26FN3O4S/c1-13(20(25)22-12-17-6-4-5-7-18(17)21)16-8-10-24(11-9-16)29(26,27)19-14(2)23-28-15(19)3/h4-7,13,16H,8-12H2,1-3H3,(H,22,25). The highest BCUT2D eigenvalue weighted by Crippen LogP contribution is 2.30. The van der Waals surface area contributed by atoms with Crippen molar-refractivity contribution in [3.05, 3.63) is 47.1 Å². The predicted octanol–water partition coefficient (Wildman–Crippen LogP) is 2.78. The Morgan fingerprint density at radius 1 is 1.31 bits per heavy atom. The second kappa shape index (κ2) is 8.62. The van der Waals surface area contributed by atoms with Crippen molar-refractivity contribution >= 4 is 15.9 Å². The van der Waals surface area contributed by atoms with Gasteiger partial charge in [0.15, 0.2) is 5.76 Å². The Balaban J connectivity index is 1.57. The number of aromatic nitrogens is 1. The molecule has 1 unspecified atom stereocenters. The van der Waals surface area contributed by atoms with Crippen molar-refractivity contribution in [1.29, 1.82) is 0 Å². The minimum atomic E-state index is -3.67. The van der Waals surface area contributed by atoms with E-state index in [1.807, 2.05) is 6.92 Å². The van der Waals surface area contributed by atoms with Gasteiger partial charge in [0.25, 0.3) is 0 Å². The molecule has 1 aliphatic rings. The lowest BCUT2D eigenvalue weighted by molar-refractivity contribution is -0.126. The molecule has 0 saturated carbocycles. The normalized spacial score (nSPS) is 17.2. The van der Waals surface area contributed by atoms with Crippen molar-refractivity contribution in [2.45, 2.75) is 45.1 Å². The van der Waals surface area contributed by atoms with Gasteiger partial charge in [-0.15, -0.1) is 0 Å². The minimum Gasteiger partial charge on any atom is -0.360 e. The molecule has 7 nitrogen and oxygen atoms in total. The maximum Gasteiger partial charge on any atom is 0.248 e. The molecule has 2 heterocycles. The molecule has 0 aliphatic carbocycles. The maximum atomic E-state index is 13.7. The summed E-state index contributed by atoms with van der Waals surface area (Å²) in [5.74, 6) is -0.443. The summed E-state index contributed by atoms with van der Waals surface area (Å²) in [5, 5.41) is 6.52. The van der Waals surface area contributed by atoms with Crippen LogP contribution in [0.3, 0.4) is 0 Å². The highest BCUT2D eigenvalue weighted by molar-refractivity contribution is 7.89. The second-order valence-corrected chi connectivity index (χ2v) is 9.37. The average molecular weight is 424 g/mol. The molecule has 9 heteroatoms. The predicted molar refractivity (Wildman–Crippen MR) is 105 cm³/mol. The summed E-state index contributed by atoms with van der Waals surface area (Å²) in [7, 11) is -3.67. The molecule has 2 aromatic rings. The number of benzene rings is 1. The van der Waals surface area contributed by atoms with Crippen LogP contribution in [0, 0.1) is 31.5 Å². The Bertz CT molecular complexity index is 962. The summed E-state index contributed by atoms with van der Waals surface area (Å²) in [6, 6.07) is 6.33. The molecule has 1 aliphatic heterocycles. The smallest absolute Gasteiger partial charge is 0.248 e. The van der Waals surface area contributed by atoms with Crippen molar-refractivity contribution in [3.63, 3.8) is 0 Å². The van der Waals surface area contributed by atoms with Crippen molar-refractivity contribution in [2.24, 2.45) is 11.8 Å². The molecule has 0 bridgehead atoms. The minimum absolute atomic E-state index is 0.0618. The van der Waals surface area contributed by atoms with Crippen LogP contribution in [0.25, 0.3) is 0 Å². The van der Waals surface area contributed by atoms with E-state index in [0.29, 0.717) is 37.2 Å². The Kier molecular flexibility index (Phi) is 6.38. The summed E-state index contributed by atoms with van der Waals surface area (Å²) in [5.41, 5.74) is 0.791. The zero-order chi connectivity index (χ0) is 21.2. The van der Waals surface area contributed by atoms with Gasteiger partial charge in [-0.2, -0.15) is 4.31 Å². The molecule has 1 amide bonds. The summed E-state index contributed by atoms with van der Waals surface area (Å²) in [4.78, 5) is 12.6. The fourth-order valence-corrected chi connectivity index (χ4v) is 5.55. The van der Waals surface area contributed by atoms with Crippen molar-refractivity contribution in [3.8, 4) is 0 Å². The van der Waals surface area contributed by atoms with Crippen LogP contribution in [-0.4, -0.2) is 36.9 Å². The summed E-state index contributed by atoms with van der Waals surface area (Å²) < 4.78 is 45.9. The summed E-state index contributed by atoms with van der Waals surface area (Å²) in [6.45, 7) is 5.83. The third kappa shape index (κ3) is 4.51. The van der Waals surface area contributed by atoms with Crippen LogP contribution in [0.1, 0.15) is 36.8 Å². The van der Waals surface area contributed by atoms with Gasteiger partial charge >= 0.3 is 0 Å². The first-order valence-corrected chi connectivity index (χ1v) is 11.1. The maximum absolute atomic E-state index is 13.7. The summed E-state index contributed by atoms with van der Waals surface area (Å²) >= 11 is 0. The molecule has 158 valence electrons. The Labute approximate surface area is 170 Å². The molecule has 1 saturated heterocycles. The quantitative estimate of drug-likeness (QED) is 0.771. The van der Waals surface area contributed by atoms with Gasteiger partial charge in [0.2, 0.25) is 15.9 Å². The first-order valence-electron chi connectivity index (χ1n) is 9.66. The molecule has 1 fully saturated rings. The first kappa shape index (κ1) is 21.4. The topological polar surface area (TPSA) is 92.5 Å². The lowest BCUT2D eigenvalue weighted by Gasteiger charge is -2.33.